The Hall–Kier alpha value is -4.17. The van der Waals surface area contributed by atoms with Gasteiger partial charge in [-0.15, -0.1) is 11.3 Å². The van der Waals surface area contributed by atoms with E-state index in [0.717, 1.165) is 22.0 Å². The lowest BCUT2D eigenvalue weighted by atomic mass is 9.70. The number of carbonyl (C=O) groups excluding carboxylic acids is 2. The number of aromatic nitrogens is 1. The number of ether oxygens (including phenoxy) is 2. The topological polar surface area (TPSA) is 72.0 Å². The number of piperidine rings is 1. The van der Waals surface area contributed by atoms with Gasteiger partial charge in [0.15, 0.2) is 0 Å². The van der Waals surface area contributed by atoms with Gasteiger partial charge >= 0.3 is 6.09 Å². The normalized spacial score (nSPS) is 20.0. The fourth-order valence-electron chi connectivity index (χ4n) is 5.93. The van der Waals surface area contributed by atoms with E-state index in [4.69, 9.17) is 9.47 Å². The number of nitrogens with zero attached hydrogens (tertiary/aromatic N) is 3. The van der Waals surface area contributed by atoms with Gasteiger partial charge in [0.25, 0.3) is 5.91 Å². The summed E-state index contributed by atoms with van der Waals surface area (Å²) >= 11 is 1.57. The summed E-state index contributed by atoms with van der Waals surface area (Å²) in [6.45, 7) is 5.40. The molecule has 2 amide bonds. The van der Waals surface area contributed by atoms with Gasteiger partial charge in [-0.1, -0.05) is 48.5 Å². The second-order valence-electron chi connectivity index (χ2n) is 10.5. The largest absolute Gasteiger partial charge is 0.457 e. The molecule has 1 atom stereocenters. The summed E-state index contributed by atoms with van der Waals surface area (Å²) in [5, 5.41) is 2.96. The zero-order valence-corrected chi connectivity index (χ0v) is 23.4. The van der Waals surface area contributed by atoms with Crippen LogP contribution in [0.1, 0.15) is 46.4 Å². The van der Waals surface area contributed by atoms with E-state index >= 15 is 0 Å². The van der Waals surface area contributed by atoms with Crippen molar-refractivity contribution in [1.29, 1.82) is 0 Å². The van der Waals surface area contributed by atoms with Crippen LogP contribution in [0.2, 0.25) is 0 Å². The Bertz CT molecular complexity index is 1500. The van der Waals surface area contributed by atoms with Gasteiger partial charge in [-0.05, 0) is 55.8 Å². The van der Waals surface area contributed by atoms with Crippen molar-refractivity contribution in [3.63, 3.8) is 0 Å². The highest BCUT2D eigenvalue weighted by Gasteiger charge is 2.64. The summed E-state index contributed by atoms with van der Waals surface area (Å²) in [5.74, 6) is 1.38. The Balaban J connectivity index is 1.21. The molecule has 40 heavy (non-hydrogen) atoms. The molecule has 0 bridgehead atoms. The standard InChI is InChI=1S/C32H31N3O4S/c1-23-33-26(22-40-23)21-35-30(37)39-32(31(35,2)25-9-5-3-6-10-25)17-19-34(20-18-32)29(36)24-13-15-28(16-14-24)38-27-11-7-4-8-12-27/h3-16,22H,17-21H2,1-2H3. The van der Waals surface area contributed by atoms with E-state index in [9.17, 15) is 9.59 Å². The van der Waals surface area contributed by atoms with Gasteiger partial charge in [-0.3, -0.25) is 9.69 Å². The van der Waals surface area contributed by atoms with Crippen molar-refractivity contribution in [2.45, 2.75) is 44.4 Å². The first-order valence-corrected chi connectivity index (χ1v) is 14.4. The van der Waals surface area contributed by atoms with Crippen LogP contribution in [0, 0.1) is 6.92 Å². The van der Waals surface area contributed by atoms with E-state index < -0.39 is 11.1 Å². The number of hydrogen-bond acceptors (Lipinski definition) is 6. The molecular weight excluding hydrogens is 522 g/mol. The highest BCUT2D eigenvalue weighted by molar-refractivity contribution is 7.09. The molecular formula is C32H31N3O4S. The van der Waals surface area contributed by atoms with Gasteiger partial charge in [-0.25, -0.2) is 9.78 Å². The molecule has 204 valence electrons. The molecule has 4 aromatic rings. The summed E-state index contributed by atoms with van der Waals surface area (Å²) < 4.78 is 12.1. The van der Waals surface area contributed by atoms with Crippen LogP contribution >= 0.6 is 11.3 Å². The van der Waals surface area contributed by atoms with Crippen LogP contribution in [-0.2, 0) is 16.8 Å². The third-order valence-corrected chi connectivity index (χ3v) is 9.01. The van der Waals surface area contributed by atoms with Crippen molar-refractivity contribution in [1.82, 2.24) is 14.8 Å². The number of carbonyl (C=O) groups is 2. The Labute approximate surface area is 238 Å². The van der Waals surface area contributed by atoms with Gasteiger partial charge in [-0.2, -0.15) is 0 Å². The lowest BCUT2D eigenvalue weighted by Gasteiger charge is -2.48. The first-order chi connectivity index (χ1) is 19.4. The highest BCUT2D eigenvalue weighted by Crippen LogP contribution is 2.52. The molecule has 0 saturated carbocycles. The number of hydrogen-bond donors (Lipinski definition) is 0. The van der Waals surface area contributed by atoms with Crippen molar-refractivity contribution in [2.75, 3.05) is 13.1 Å². The summed E-state index contributed by atoms with van der Waals surface area (Å²) in [6, 6.07) is 26.8. The Morgan fingerprint density at radius 2 is 1.57 bits per heavy atom. The zero-order valence-electron chi connectivity index (χ0n) is 22.6. The number of aryl methyl sites for hydroxylation is 1. The van der Waals surface area contributed by atoms with Gasteiger partial charge in [0.05, 0.1) is 17.2 Å². The lowest BCUT2D eigenvalue weighted by molar-refractivity contribution is -0.0552. The maximum atomic E-state index is 13.4. The Morgan fingerprint density at radius 1 is 0.950 bits per heavy atom. The Kier molecular flexibility index (Phi) is 6.80. The molecule has 0 N–H and O–H groups in total. The molecule has 2 aliphatic rings. The number of para-hydroxylation sites is 1. The molecule has 0 aliphatic carbocycles. The van der Waals surface area contributed by atoms with E-state index in [1.807, 2.05) is 82.8 Å². The molecule has 8 heteroatoms. The summed E-state index contributed by atoms with van der Waals surface area (Å²) in [4.78, 5) is 35.1. The van der Waals surface area contributed by atoms with Gasteiger partial charge in [0.2, 0.25) is 0 Å². The third kappa shape index (κ3) is 4.62. The highest BCUT2D eigenvalue weighted by atomic mass is 32.1. The van der Waals surface area contributed by atoms with Crippen molar-refractivity contribution >= 4 is 23.3 Å². The molecule has 0 radical (unpaired) electrons. The van der Waals surface area contributed by atoms with Crippen LogP contribution in [0.4, 0.5) is 4.79 Å². The first kappa shape index (κ1) is 26.1. The quantitative estimate of drug-likeness (QED) is 0.263. The number of likely N-dealkylation sites (tertiary alicyclic amines) is 1. The molecule has 1 unspecified atom stereocenters. The average molecular weight is 554 g/mol. The van der Waals surface area contributed by atoms with Gasteiger partial charge in [0.1, 0.15) is 22.6 Å². The van der Waals surface area contributed by atoms with Crippen molar-refractivity contribution in [3.05, 3.63) is 112 Å². The van der Waals surface area contributed by atoms with Crippen LogP contribution in [0.3, 0.4) is 0 Å². The molecule has 2 saturated heterocycles. The number of benzene rings is 3. The van der Waals surface area contributed by atoms with E-state index in [1.54, 1.807) is 23.5 Å². The van der Waals surface area contributed by atoms with Crippen molar-refractivity contribution in [3.8, 4) is 11.5 Å². The van der Waals surface area contributed by atoms with E-state index in [0.29, 0.717) is 43.8 Å². The minimum Gasteiger partial charge on any atom is -0.457 e. The summed E-state index contributed by atoms with van der Waals surface area (Å²) in [5.41, 5.74) is 0.994. The SMILES string of the molecule is Cc1nc(CN2C(=O)OC3(CCN(C(=O)c4ccc(Oc5ccccc5)cc4)CC3)C2(C)c2ccccc2)cs1. The fourth-order valence-corrected chi connectivity index (χ4v) is 6.53. The number of thiazole rings is 1. The maximum Gasteiger partial charge on any atom is 0.411 e. The third-order valence-electron chi connectivity index (χ3n) is 8.19. The average Bonchev–Trinajstić information content (AvgIpc) is 3.49. The predicted octanol–water partition coefficient (Wildman–Crippen LogP) is 6.79. The maximum absolute atomic E-state index is 13.4. The molecule has 6 rings (SSSR count). The minimum absolute atomic E-state index is 0.0401. The van der Waals surface area contributed by atoms with Crippen LogP contribution in [-0.4, -0.2) is 45.5 Å². The van der Waals surface area contributed by atoms with E-state index in [-0.39, 0.29) is 12.0 Å². The summed E-state index contributed by atoms with van der Waals surface area (Å²) in [6.07, 6.45) is 0.737. The molecule has 2 fully saturated rings. The van der Waals surface area contributed by atoms with Crippen LogP contribution in [0.5, 0.6) is 11.5 Å². The van der Waals surface area contributed by atoms with E-state index in [2.05, 4.69) is 24.0 Å². The Morgan fingerprint density at radius 3 is 2.20 bits per heavy atom. The van der Waals surface area contributed by atoms with Crippen molar-refractivity contribution in [2.24, 2.45) is 0 Å². The molecule has 1 aromatic heterocycles. The lowest BCUT2D eigenvalue weighted by Crippen LogP contribution is -2.58. The second kappa shape index (κ2) is 10.4. The summed E-state index contributed by atoms with van der Waals surface area (Å²) in [7, 11) is 0. The second-order valence-corrected chi connectivity index (χ2v) is 11.5. The van der Waals surface area contributed by atoms with Crippen molar-refractivity contribution < 1.29 is 19.1 Å². The van der Waals surface area contributed by atoms with Crippen LogP contribution in [0.25, 0.3) is 0 Å². The zero-order chi connectivity index (χ0) is 27.7. The van der Waals surface area contributed by atoms with Gasteiger partial charge in [0, 0.05) is 36.9 Å². The van der Waals surface area contributed by atoms with Crippen LogP contribution < -0.4 is 4.74 Å². The first-order valence-electron chi connectivity index (χ1n) is 13.5. The smallest absolute Gasteiger partial charge is 0.411 e. The number of rotatable bonds is 6. The van der Waals surface area contributed by atoms with Gasteiger partial charge < -0.3 is 14.4 Å². The van der Waals surface area contributed by atoms with E-state index in [1.165, 1.54) is 0 Å². The molecule has 7 nitrogen and oxygen atoms in total. The molecule has 3 heterocycles. The minimum atomic E-state index is -0.763. The monoisotopic (exact) mass is 553 g/mol. The molecule has 2 aliphatic heterocycles. The molecule has 1 spiro atoms. The number of amides is 2. The van der Waals surface area contributed by atoms with Crippen LogP contribution in [0.15, 0.2) is 90.3 Å². The predicted molar refractivity (Wildman–Crippen MR) is 153 cm³/mol. The fraction of sp³-hybridized carbons (Fsp3) is 0.281. The molecule has 3 aromatic carbocycles.